The Bertz CT molecular complexity index is 287. The van der Waals surface area contributed by atoms with Gasteiger partial charge in [0.15, 0.2) is 0 Å². The van der Waals surface area contributed by atoms with Gasteiger partial charge in [0.05, 0.1) is 6.10 Å². The van der Waals surface area contributed by atoms with E-state index in [-0.39, 0.29) is 11.6 Å². The minimum absolute atomic E-state index is 0.104. The smallest absolute Gasteiger partial charge is 0.0695 e. The van der Waals surface area contributed by atoms with Gasteiger partial charge in [-0.2, -0.15) is 0 Å². The van der Waals surface area contributed by atoms with E-state index in [9.17, 15) is 5.11 Å². The molecule has 3 heteroatoms. The van der Waals surface area contributed by atoms with E-state index in [1.807, 2.05) is 0 Å². The van der Waals surface area contributed by atoms with Gasteiger partial charge in [0, 0.05) is 24.2 Å². The molecule has 118 valence electrons. The maximum absolute atomic E-state index is 10.5. The number of piperidine rings is 1. The van der Waals surface area contributed by atoms with E-state index < -0.39 is 0 Å². The average molecular weight is 282 g/mol. The molecule has 0 aromatic heterocycles. The van der Waals surface area contributed by atoms with Gasteiger partial charge in [-0.1, -0.05) is 25.7 Å². The molecule has 0 amide bonds. The fraction of sp³-hybridized carbons (Fsp3) is 1.00. The van der Waals surface area contributed by atoms with Crippen molar-refractivity contribution in [2.24, 2.45) is 0 Å². The zero-order valence-electron chi connectivity index (χ0n) is 13.7. The van der Waals surface area contributed by atoms with Crippen LogP contribution < -0.4 is 5.32 Å². The van der Waals surface area contributed by atoms with Crippen molar-refractivity contribution in [3.8, 4) is 0 Å². The van der Waals surface area contributed by atoms with Crippen molar-refractivity contribution in [2.45, 2.75) is 95.9 Å². The van der Waals surface area contributed by atoms with Crippen molar-refractivity contribution in [2.75, 3.05) is 13.1 Å². The van der Waals surface area contributed by atoms with E-state index in [4.69, 9.17) is 0 Å². The Balaban J connectivity index is 1.97. The van der Waals surface area contributed by atoms with Gasteiger partial charge >= 0.3 is 0 Å². The van der Waals surface area contributed by atoms with Crippen LogP contribution in [0.1, 0.15) is 72.1 Å². The second-order valence-electron chi connectivity index (χ2n) is 7.79. The highest BCUT2D eigenvalue weighted by molar-refractivity contribution is 4.90. The van der Waals surface area contributed by atoms with Crippen LogP contribution in [0.15, 0.2) is 0 Å². The molecule has 3 nitrogen and oxygen atoms in total. The first-order valence-corrected chi connectivity index (χ1v) is 8.66. The summed E-state index contributed by atoms with van der Waals surface area (Å²) >= 11 is 0. The second-order valence-corrected chi connectivity index (χ2v) is 7.79. The summed E-state index contributed by atoms with van der Waals surface area (Å²) in [4.78, 5) is 2.64. The Hall–Kier alpha value is -0.120. The van der Waals surface area contributed by atoms with E-state index in [1.54, 1.807) is 0 Å². The van der Waals surface area contributed by atoms with Crippen LogP contribution in [-0.4, -0.2) is 46.8 Å². The molecule has 3 unspecified atom stereocenters. The van der Waals surface area contributed by atoms with Crippen LogP contribution in [0.5, 0.6) is 0 Å². The van der Waals surface area contributed by atoms with Gasteiger partial charge in [-0.3, -0.25) is 4.90 Å². The molecule has 0 aromatic carbocycles. The Kier molecular flexibility index (Phi) is 5.88. The topological polar surface area (TPSA) is 35.5 Å². The summed E-state index contributed by atoms with van der Waals surface area (Å²) in [5, 5.41) is 14.2. The van der Waals surface area contributed by atoms with Crippen molar-refractivity contribution >= 4 is 0 Å². The van der Waals surface area contributed by atoms with Crippen LogP contribution in [0, 0.1) is 0 Å². The Morgan fingerprint density at radius 3 is 2.45 bits per heavy atom. The van der Waals surface area contributed by atoms with Crippen LogP contribution in [0.25, 0.3) is 0 Å². The van der Waals surface area contributed by atoms with Gasteiger partial charge in [0.2, 0.25) is 0 Å². The molecule has 0 bridgehead atoms. The fourth-order valence-electron chi connectivity index (χ4n) is 3.76. The molecule has 1 aliphatic carbocycles. The van der Waals surface area contributed by atoms with Gasteiger partial charge < -0.3 is 10.4 Å². The number of likely N-dealkylation sites (tertiary alicyclic amines) is 1. The van der Waals surface area contributed by atoms with E-state index in [1.165, 1.54) is 51.5 Å². The quantitative estimate of drug-likeness (QED) is 0.781. The molecule has 1 saturated carbocycles. The van der Waals surface area contributed by atoms with Crippen LogP contribution in [-0.2, 0) is 0 Å². The van der Waals surface area contributed by atoms with Crippen LogP contribution in [0.3, 0.4) is 0 Å². The highest BCUT2D eigenvalue weighted by Crippen LogP contribution is 2.28. The molecule has 2 N–H and O–H groups in total. The standard InChI is InChI=1S/C17H34N2O/c1-17(2,3)18-13-14-9-7-8-12-19(14)15-10-5-4-6-11-16(15)20/h14-16,18,20H,4-13H2,1-3H3. The van der Waals surface area contributed by atoms with E-state index in [2.05, 4.69) is 31.0 Å². The van der Waals surface area contributed by atoms with Gasteiger partial charge in [0.1, 0.15) is 0 Å². The highest BCUT2D eigenvalue weighted by atomic mass is 16.3. The zero-order valence-corrected chi connectivity index (χ0v) is 13.7. The highest BCUT2D eigenvalue weighted by Gasteiger charge is 2.33. The largest absolute Gasteiger partial charge is 0.391 e. The molecule has 3 atom stereocenters. The Labute approximate surface area is 125 Å². The number of rotatable bonds is 3. The molecular weight excluding hydrogens is 248 g/mol. The molecular formula is C17H34N2O. The van der Waals surface area contributed by atoms with Crippen molar-refractivity contribution in [3.05, 3.63) is 0 Å². The lowest BCUT2D eigenvalue weighted by Gasteiger charge is -2.43. The van der Waals surface area contributed by atoms with E-state index in [0.717, 1.165) is 13.0 Å². The number of aliphatic hydroxyl groups is 1. The molecule has 2 aliphatic rings. The monoisotopic (exact) mass is 282 g/mol. The molecule has 1 aliphatic heterocycles. The normalized spacial score (nSPS) is 33.9. The summed E-state index contributed by atoms with van der Waals surface area (Å²) < 4.78 is 0. The average Bonchev–Trinajstić information content (AvgIpc) is 2.61. The number of nitrogens with zero attached hydrogens (tertiary/aromatic N) is 1. The zero-order chi connectivity index (χ0) is 14.6. The summed E-state index contributed by atoms with van der Waals surface area (Å²) in [5.41, 5.74) is 0.186. The summed E-state index contributed by atoms with van der Waals surface area (Å²) in [5.74, 6) is 0. The third-order valence-electron chi connectivity index (χ3n) is 4.91. The Morgan fingerprint density at radius 1 is 1.00 bits per heavy atom. The molecule has 2 fully saturated rings. The summed E-state index contributed by atoms with van der Waals surface area (Å²) in [6.45, 7) is 8.95. The SMILES string of the molecule is CC(C)(C)NCC1CCCCN1C1CCCCCC1O. The molecule has 20 heavy (non-hydrogen) atoms. The molecule has 1 heterocycles. The first kappa shape index (κ1) is 16.3. The summed E-state index contributed by atoms with van der Waals surface area (Å²) in [7, 11) is 0. The summed E-state index contributed by atoms with van der Waals surface area (Å²) in [6, 6.07) is 1.02. The third-order valence-corrected chi connectivity index (χ3v) is 4.91. The van der Waals surface area contributed by atoms with Gasteiger partial charge in [0.25, 0.3) is 0 Å². The lowest BCUT2D eigenvalue weighted by molar-refractivity contribution is 0.00289. The molecule has 0 spiro atoms. The van der Waals surface area contributed by atoms with Crippen molar-refractivity contribution in [1.82, 2.24) is 10.2 Å². The van der Waals surface area contributed by atoms with Gasteiger partial charge in [-0.05, 0) is 53.0 Å². The van der Waals surface area contributed by atoms with Crippen molar-refractivity contribution < 1.29 is 5.11 Å². The molecule has 2 rings (SSSR count). The van der Waals surface area contributed by atoms with Gasteiger partial charge in [-0.15, -0.1) is 0 Å². The van der Waals surface area contributed by atoms with Crippen molar-refractivity contribution in [1.29, 1.82) is 0 Å². The third kappa shape index (κ3) is 4.71. The number of hydrogen-bond acceptors (Lipinski definition) is 3. The molecule has 0 aromatic rings. The maximum atomic E-state index is 10.5. The van der Waals surface area contributed by atoms with Crippen LogP contribution >= 0.6 is 0 Å². The molecule has 1 saturated heterocycles. The number of nitrogens with one attached hydrogen (secondary N) is 1. The predicted octanol–water partition coefficient (Wildman–Crippen LogP) is 2.92. The molecule has 0 radical (unpaired) electrons. The van der Waals surface area contributed by atoms with Crippen LogP contribution in [0.2, 0.25) is 0 Å². The fourth-order valence-corrected chi connectivity index (χ4v) is 3.76. The minimum atomic E-state index is -0.104. The second kappa shape index (κ2) is 7.24. The Morgan fingerprint density at radius 2 is 1.70 bits per heavy atom. The lowest BCUT2D eigenvalue weighted by atomic mass is 9.94. The van der Waals surface area contributed by atoms with Crippen molar-refractivity contribution in [3.63, 3.8) is 0 Å². The van der Waals surface area contributed by atoms with E-state index >= 15 is 0 Å². The van der Waals surface area contributed by atoms with Gasteiger partial charge in [-0.25, -0.2) is 0 Å². The minimum Gasteiger partial charge on any atom is -0.391 e. The van der Waals surface area contributed by atoms with Crippen LogP contribution in [0.4, 0.5) is 0 Å². The summed E-state index contributed by atoms with van der Waals surface area (Å²) in [6.07, 6.45) is 9.80. The first-order valence-electron chi connectivity index (χ1n) is 8.66. The predicted molar refractivity (Wildman–Crippen MR) is 85.0 cm³/mol. The first-order chi connectivity index (χ1) is 9.47. The number of hydrogen-bond donors (Lipinski definition) is 2. The lowest BCUT2D eigenvalue weighted by Crippen LogP contribution is -2.55. The van der Waals surface area contributed by atoms with E-state index in [0.29, 0.717) is 12.1 Å². The maximum Gasteiger partial charge on any atom is 0.0695 e. The number of aliphatic hydroxyl groups excluding tert-OH is 1.